The number of rotatable bonds is 4. The first-order valence-corrected chi connectivity index (χ1v) is 7.87. The SMILES string of the molecule is O=C(Nc1ccc(F)c(F)c1F)NC(c1ccccc1)c1ccccc1. The highest BCUT2D eigenvalue weighted by atomic mass is 19.2. The molecule has 3 nitrogen and oxygen atoms in total. The van der Waals surface area contributed by atoms with E-state index < -0.39 is 35.2 Å². The maximum absolute atomic E-state index is 13.7. The standard InChI is InChI=1S/C20H15F3N2O/c21-15-11-12-16(18(23)17(15)22)24-20(26)25-19(13-7-3-1-4-8-13)14-9-5-2-6-10-14/h1-12,19H,(H2,24,25,26). The van der Waals surface area contributed by atoms with Gasteiger partial charge in [-0.15, -0.1) is 0 Å². The molecule has 0 aliphatic rings. The minimum absolute atomic E-state index is 0.443. The Morgan fingerprint density at radius 2 is 1.27 bits per heavy atom. The highest BCUT2D eigenvalue weighted by Crippen LogP contribution is 2.23. The molecule has 0 saturated heterocycles. The molecule has 0 spiro atoms. The van der Waals surface area contributed by atoms with Crippen molar-refractivity contribution in [3.8, 4) is 0 Å². The van der Waals surface area contributed by atoms with Crippen molar-refractivity contribution in [3.05, 3.63) is 101 Å². The van der Waals surface area contributed by atoms with E-state index in [1.807, 2.05) is 60.7 Å². The van der Waals surface area contributed by atoms with Crippen LogP contribution in [0.25, 0.3) is 0 Å². The van der Waals surface area contributed by atoms with E-state index in [9.17, 15) is 18.0 Å². The van der Waals surface area contributed by atoms with E-state index in [-0.39, 0.29) is 0 Å². The lowest BCUT2D eigenvalue weighted by Gasteiger charge is -2.20. The molecule has 0 aliphatic carbocycles. The highest BCUT2D eigenvalue weighted by molar-refractivity contribution is 5.90. The molecule has 0 atom stereocenters. The van der Waals surface area contributed by atoms with Crippen molar-refractivity contribution in [2.45, 2.75) is 6.04 Å². The monoisotopic (exact) mass is 356 g/mol. The lowest BCUT2D eigenvalue weighted by atomic mass is 9.99. The van der Waals surface area contributed by atoms with Crippen molar-refractivity contribution in [1.29, 1.82) is 0 Å². The van der Waals surface area contributed by atoms with Gasteiger partial charge in [-0.1, -0.05) is 60.7 Å². The largest absolute Gasteiger partial charge is 0.327 e. The Bertz CT molecular complexity index is 862. The zero-order chi connectivity index (χ0) is 18.5. The molecule has 0 unspecified atom stereocenters. The van der Waals surface area contributed by atoms with Crippen molar-refractivity contribution < 1.29 is 18.0 Å². The molecule has 2 amide bonds. The van der Waals surface area contributed by atoms with Crippen molar-refractivity contribution in [3.63, 3.8) is 0 Å². The molecule has 3 rings (SSSR count). The molecule has 3 aromatic rings. The van der Waals surface area contributed by atoms with Gasteiger partial charge in [0.05, 0.1) is 11.7 Å². The van der Waals surface area contributed by atoms with Gasteiger partial charge in [-0.2, -0.15) is 0 Å². The summed E-state index contributed by atoms with van der Waals surface area (Å²) in [4.78, 5) is 12.3. The molecule has 26 heavy (non-hydrogen) atoms. The zero-order valence-corrected chi connectivity index (χ0v) is 13.5. The second-order valence-corrected chi connectivity index (χ2v) is 5.58. The van der Waals surface area contributed by atoms with Crippen LogP contribution in [0.1, 0.15) is 17.2 Å². The fraction of sp³-hybridized carbons (Fsp3) is 0.0500. The number of carbonyl (C=O) groups is 1. The van der Waals surface area contributed by atoms with Gasteiger partial charge >= 0.3 is 6.03 Å². The van der Waals surface area contributed by atoms with Gasteiger partial charge in [-0.25, -0.2) is 18.0 Å². The lowest BCUT2D eigenvalue weighted by molar-refractivity contribution is 0.250. The predicted molar refractivity (Wildman–Crippen MR) is 93.2 cm³/mol. The van der Waals surface area contributed by atoms with Crippen molar-refractivity contribution >= 4 is 11.7 Å². The number of anilines is 1. The molecule has 0 heterocycles. The third-order valence-electron chi connectivity index (χ3n) is 3.82. The van der Waals surface area contributed by atoms with Crippen molar-refractivity contribution in [1.82, 2.24) is 5.32 Å². The molecule has 0 radical (unpaired) electrons. The molecule has 0 aliphatic heterocycles. The second-order valence-electron chi connectivity index (χ2n) is 5.58. The minimum Gasteiger partial charge on any atom is -0.327 e. The molecular weight excluding hydrogens is 341 g/mol. The van der Waals surface area contributed by atoms with Crippen LogP contribution >= 0.6 is 0 Å². The zero-order valence-electron chi connectivity index (χ0n) is 13.5. The molecule has 0 saturated carbocycles. The Labute approximate surface area is 148 Å². The van der Waals surface area contributed by atoms with E-state index in [0.717, 1.165) is 23.3 Å². The summed E-state index contributed by atoms with van der Waals surface area (Å²) in [7, 11) is 0. The van der Waals surface area contributed by atoms with Gasteiger partial charge < -0.3 is 10.6 Å². The summed E-state index contributed by atoms with van der Waals surface area (Å²) in [6, 6.07) is 18.9. The maximum Gasteiger partial charge on any atom is 0.320 e. The van der Waals surface area contributed by atoms with Gasteiger partial charge in [0.15, 0.2) is 17.5 Å². The van der Waals surface area contributed by atoms with Crippen LogP contribution in [0.15, 0.2) is 72.8 Å². The minimum atomic E-state index is -1.63. The Morgan fingerprint density at radius 3 is 1.81 bits per heavy atom. The van der Waals surface area contributed by atoms with Gasteiger partial charge in [0, 0.05) is 0 Å². The Balaban J connectivity index is 1.83. The Hall–Kier alpha value is -3.28. The lowest BCUT2D eigenvalue weighted by Crippen LogP contribution is -2.33. The summed E-state index contributed by atoms with van der Waals surface area (Å²) in [5.74, 6) is -4.40. The van der Waals surface area contributed by atoms with E-state index >= 15 is 0 Å². The molecule has 132 valence electrons. The molecule has 0 aromatic heterocycles. The smallest absolute Gasteiger partial charge is 0.320 e. The summed E-state index contributed by atoms with van der Waals surface area (Å²) >= 11 is 0. The summed E-state index contributed by atoms with van der Waals surface area (Å²) in [6.45, 7) is 0. The summed E-state index contributed by atoms with van der Waals surface area (Å²) in [6.07, 6.45) is 0. The van der Waals surface area contributed by atoms with E-state index in [1.54, 1.807) is 0 Å². The van der Waals surface area contributed by atoms with Crippen LogP contribution in [0.4, 0.5) is 23.7 Å². The summed E-state index contributed by atoms with van der Waals surface area (Å²) in [5, 5.41) is 4.94. The number of carbonyl (C=O) groups excluding carboxylic acids is 1. The van der Waals surface area contributed by atoms with Crippen LogP contribution in [0.5, 0.6) is 0 Å². The summed E-state index contributed by atoms with van der Waals surface area (Å²) < 4.78 is 40.1. The maximum atomic E-state index is 13.7. The van der Waals surface area contributed by atoms with Gasteiger partial charge in [0.2, 0.25) is 0 Å². The number of benzene rings is 3. The van der Waals surface area contributed by atoms with E-state index in [2.05, 4.69) is 10.6 Å². The van der Waals surface area contributed by atoms with E-state index in [4.69, 9.17) is 0 Å². The van der Waals surface area contributed by atoms with Gasteiger partial charge in [-0.3, -0.25) is 0 Å². The van der Waals surface area contributed by atoms with Crippen LogP contribution < -0.4 is 10.6 Å². The Morgan fingerprint density at radius 1 is 0.731 bits per heavy atom. The Kier molecular flexibility index (Phi) is 5.22. The van der Waals surface area contributed by atoms with E-state index in [0.29, 0.717) is 0 Å². The van der Waals surface area contributed by atoms with Crippen LogP contribution in [0.3, 0.4) is 0 Å². The van der Waals surface area contributed by atoms with Crippen LogP contribution in [0.2, 0.25) is 0 Å². The number of amides is 2. The van der Waals surface area contributed by atoms with Crippen LogP contribution in [-0.4, -0.2) is 6.03 Å². The molecule has 0 bridgehead atoms. The number of nitrogens with one attached hydrogen (secondary N) is 2. The predicted octanol–water partition coefficient (Wildman–Crippen LogP) is 5.02. The first kappa shape index (κ1) is 17.5. The average Bonchev–Trinajstić information content (AvgIpc) is 2.68. The topological polar surface area (TPSA) is 41.1 Å². The fourth-order valence-corrected chi connectivity index (χ4v) is 2.56. The highest BCUT2D eigenvalue weighted by Gasteiger charge is 2.19. The van der Waals surface area contributed by atoms with Crippen molar-refractivity contribution in [2.75, 3.05) is 5.32 Å². The molecule has 3 aromatic carbocycles. The van der Waals surface area contributed by atoms with Crippen LogP contribution in [-0.2, 0) is 0 Å². The van der Waals surface area contributed by atoms with Gasteiger partial charge in [-0.05, 0) is 23.3 Å². The quantitative estimate of drug-likeness (QED) is 0.634. The van der Waals surface area contributed by atoms with E-state index in [1.165, 1.54) is 0 Å². The number of hydrogen-bond donors (Lipinski definition) is 2. The number of urea groups is 1. The first-order chi connectivity index (χ1) is 12.6. The number of halogens is 3. The molecule has 0 fully saturated rings. The third kappa shape index (κ3) is 3.85. The average molecular weight is 356 g/mol. The van der Waals surface area contributed by atoms with Gasteiger partial charge in [0.25, 0.3) is 0 Å². The fourth-order valence-electron chi connectivity index (χ4n) is 2.56. The third-order valence-corrected chi connectivity index (χ3v) is 3.82. The molecule has 2 N–H and O–H groups in total. The first-order valence-electron chi connectivity index (χ1n) is 7.87. The summed E-state index contributed by atoms with van der Waals surface area (Å²) in [5.41, 5.74) is 1.19. The molecular formula is C20H15F3N2O. The number of hydrogen-bond acceptors (Lipinski definition) is 1. The molecule has 6 heteroatoms. The second kappa shape index (κ2) is 7.74. The normalized spacial score (nSPS) is 10.6. The van der Waals surface area contributed by atoms with Gasteiger partial charge in [0.1, 0.15) is 0 Å². The van der Waals surface area contributed by atoms with Crippen molar-refractivity contribution in [2.24, 2.45) is 0 Å². The van der Waals surface area contributed by atoms with Crippen LogP contribution in [0, 0.1) is 17.5 Å².